The maximum absolute atomic E-state index is 14.7. The number of unbranched alkanes of at least 4 members (excludes halogenated alkanes) is 1. The number of amides is 9. The third kappa shape index (κ3) is 18.1. The van der Waals surface area contributed by atoms with Gasteiger partial charge in [-0.1, -0.05) is 68.3 Å². The van der Waals surface area contributed by atoms with Gasteiger partial charge in [0.05, 0.1) is 12.7 Å². The molecule has 0 unspecified atom stereocenters. The smallest absolute Gasteiger partial charge is 0.243 e. The van der Waals surface area contributed by atoms with Crippen molar-refractivity contribution in [2.45, 2.75) is 133 Å². The number of hydrogen-bond acceptors (Lipinski definition) is 11. The highest BCUT2D eigenvalue weighted by Crippen LogP contribution is 2.20. The Morgan fingerprint density at radius 2 is 1.41 bits per heavy atom. The molecular weight excluding hydrogens is 955 g/mol. The van der Waals surface area contributed by atoms with Crippen LogP contribution in [0.15, 0.2) is 78.3 Å². The Balaban J connectivity index is 1.55. The zero-order valence-corrected chi connectivity index (χ0v) is 41.7. The lowest BCUT2D eigenvalue weighted by molar-refractivity contribution is -0.136. The lowest BCUT2D eigenvalue weighted by Gasteiger charge is -2.28. The highest BCUT2D eigenvalue weighted by molar-refractivity contribution is 5.99. The fraction of sp³-hybridized carbons (Fsp3) is 0.460. The van der Waals surface area contributed by atoms with Crippen molar-refractivity contribution in [3.63, 3.8) is 0 Å². The van der Waals surface area contributed by atoms with Crippen molar-refractivity contribution in [1.29, 1.82) is 0 Å². The molecule has 2 aromatic heterocycles. The topological polar surface area (TPSA) is 385 Å². The number of fused-ring (bicyclic) bond motifs is 1. The Kier molecular flexibility index (Phi) is 21.9. The third-order valence-electron chi connectivity index (χ3n) is 12.3. The number of guanidine groups is 1. The Bertz CT molecular complexity index is 2580. The van der Waals surface area contributed by atoms with Crippen molar-refractivity contribution in [2.75, 3.05) is 13.1 Å². The Labute approximate surface area is 428 Å². The van der Waals surface area contributed by atoms with Gasteiger partial charge < -0.3 is 69.7 Å². The summed E-state index contributed by atoms with van der Waals surface area (Å²) in [4.78, 5) is 139. The van der Waals surface area contributed by atoms with Gasteiger partial charge in [0.15, 0.2) is 5.96 Å². The average molecular weight is 1020 g/mol. The average Bonchev–Trinajstić information content (AvgIpc) is 4.04. The molecule has 5 rings (SSSR count). The van der Waals surface area contributed by atoms with E-state index in [4.69, 9.17) is 17.2 Å². The van der Waals surface area contributed by atoms with E-state index >= 15 is 0 Å². The molecule has 3 heterocycles. The number of benzene rings is 2. The van der Waals surface area contributed by atoms with E-state index in [9.17, 15) is 43.2 Å². The number of aromatic nitrogens is 3. The first-order valence-electron chi connectivity index (χ1n) is 24.8. The number of rotatable bonds is 17. The molecule has 1 aliphatic heterocycles. The lowest BCUT2D eigenvalue weighted by atomic mass is 10.0. The number of nitrogens with two attached hydrogens (primary N) is 3. The van der Waals surface area contributed by atoms with E-state index in [1.807, 2.05) is 31.2 Å². The number of aromatic amines is 2. The summed E-state index contributed by atoms with van der Waals surface area (Å²) in [6.45, 7) is 3.26. The molecule has 0 radical (unpaired) electrons. The molecule has 0 saturated carbocycles. The minimum Gasteiger partial charge on any atom is -0.370 e. The molecule has 0 aliphatic carbocycles. The number of nitrogens with one attached hydrogen (secondary N) is 10. The summed E-state index contributed by atoms with van der Waals surface area (Å²) in [6, 6.07) is 6.67. The van der Waals surface area contributed by atoms with Crippen LogP contribution >= 0.6 is 0 Å². The Hall–Kier alpha value is -8.31. The van der Waals surface area contributed by atoms with Crippen LogP contribution in [0, 0.1) is 0 Å². The maximum atomic E-state index is 14.7. The van der Waals surface area contributed by atoms with E-state index < -0.39 is 102 Å². The second-order valence-electron chi connectivity index (χ2n) is 18.2. The zero-order chi connectivity index (χ0) is 53.6. The van der Waals surface area contributed by atoms with Crippen LogP contribution in [-0.4, -0.2) is 129 Å². The molecule has 7 atom stereocenters. The molecule has 16 N–H and O–H groups in total. The Morgan fingerprint density at radius 1 is 0.757 bits per heavy atom. The number of nitrogens with zero attached hydrogens (tertiary/aromatic N) is 2. The minimum atomic E-state index is -1.58. The number of H-pyrrole nitrogens is 2. The first-order chi connectivity index (χ1) is 35.5. The largest absolute Gasteiger partial charge is 0.370 e. The number of aliphatic imine (C=N–C) groups is 1. The number of primary amides is 1. The molecule has 74 heavy (non-hydrogen) atoms. The predicted molar refractivity (Wildman–Crippen MR) is 274 cm³/mol. The highest BCUT2D eigenvalue weighted by Gasteiger charge is 2.35. The van der Waals surface area contributed by atoms with E-state index in [1.165, 1.54) is 19.4 Å². The van der Waals surface area contributed by atoms with Gasteiger partial charge in [0.25, 0.3) is 0 Å². The molecule has 2 aromatic carbocycles. The second kappa shape index (κ2) is 28.7. The molecule has 0 bridgehead atoms. The van der Waals surface area contributed by atoms with Gasteiger partial charge in [0, 0.05) is 68.3 Å². The molecule has 9 amide bonds. The first kappa shape index (κ1) is 56.6. The quantitative estimate of drug-likeness (QED) is 0.0335. The summed E-state index contributed by atoms with van der Waals surface area (Å²) >= 11 is 0. The van der Waals surface area contributed by atoms with Gasteiger partial charge >= 0.3 is 0 Å². The summed E-state index contributed by atoms with van der Waals surface area (Å²) in [5.41, 5.74) is 19.4. The van der Waals surface area contributed by atoms with Gasteiger partial charge in [-0.3, -0.25) is 48.1 Å². The van der Waals surface area contributed by atoms with Crippen molar-refractivity contribution in [1.82, 2.24) is 57.5 Å². The number of imidazole rings is 1. The molecule has 1 fully saturated rings. The van der Waals surface area contributed by atoms with Gasteiger partial charge in [-0.05, 0) is 55.7 Å². The number of carbonyl (C=O) groups excluding carboxylic acids is 9. The molecule has 1 saturated heterocycles. The van der Waals surface area contributed by atoms with E-state index in [-0.39, 0.29) is 76.8 Å². The Morgan fingerprint density at radius 3 is 2.08 bits per heavy atom. The molecule has 4 aromatic rings. The summed E-state index contributed by atoms with van der Waals surface area (Å²) in [6.07, 6.45) is 5.72. The van der Waals surface area contributed by atoms with E-state index in [1.54, 1.807) is 36.5 Å². The number of carbonyl (C=O) groups is 9. The van der Waals surface area contributed by atoms with Gasteiger partial charge in [-0.25, -0.2) is 4.98 Å². The second-order valence-corrected chi connectivity index (χ2v) is 18.2. The van der Waals surface area contributed by atoms with Gasteiger partial charge in [0.2, 0.25) is 53.2 Å². The molecule has 1 aliphatic rings. The number of hydrogen-bond donors (Lipinski definition) is 13. The highest BCUT2D eigenvalue weighted by atomic mass is 16.2. The van der Waals surface area contributed by atoms with E-state index in [2.05, 4.69) is 62.5 Å². The lowest BCUT2D eigenvalue weighted by Crippen LogP contribution is -2.61. The number of para-hydroxylation sites is 1. The van der Waals surface area contributed by atoms with Crippen LogP contribution in [0.2, 0.25) is 0 Å². The van der Waals surface area contributed by atoms with Crippen LogP contribution in [-0.2, 0) is 62.4 Å². The van der Waals surface area contributed by atoms with E-state index in [0.717, 1.165) is 10.9 Å². The molecular formula is C50H69N15O9. The third-order valence-corrected chi connectivity index (χ3v) is 12.3. The predicted octanol–water partition coefficient (Wildman–Crippen LogP) is -1.25. The van der Waals surface area contributed by atoms with Crippen LogP contribution in [0.25, 0.3) is 10.9 Å². The van der Waals surface area contributed by atoms with Crippen molar-refractivity contribution in [3.05, 3.63) is 90.1 Å². The molecule has 398 valence electrons. The van der Waals surface area contributed by atoms with Gasteiger partial charge in [0.1, 0.15) is 42.3 Å². The summed E-state index contributed by atoms with van der Waals surface area (Å²) in [7, 11) is 0. The van der Waals surface area contributed by atoms with Crippen LogP contribution in [0.3, 0.4) is 0 Å². The van der Waals surface area contributed by atoms with Crippen molar-refractivity contribution in [3.8, 4) is 0 Å². The molecule has 0 spiro atoms. The fourth-order valence-electron chi connectivity index (χ4n) is 8.40. The summed E-state index contributed by atoms with van der Waals surface area (Å²) in [5, 5.41) is 22.4. The first-order valence-corrected chi connectivity index (χ1v) is 24.8. The monoisotopic (exact) mass is 1020 g/mol. The molecule has 24 nitrogen and oxygen atoms in total. The maximum Gasteiger partial charge on any atom is 0.243 e. The summed E-state index contributed by atoms with van der Waals surface area (Å²) < 4.78 is 0. The SMILES string of the molecule is CCCC[C@H](NC(C)=O)C(=O)N[C@H]1CC(=O)NCCCC[C@@H](C(N)=O)NC(=O)[C@H](Cc2c[nH]c3ccccc23)NC(=O)[C@H](CCCN=C(N)N)NC(=O)[C@H](Cc2ccccc2)NC(=O)[C@H](Cc2cnc[nH]2)NC1=O. The van der Waals surface area contributed by atoms with Crippen LogP contribution < -0.4 is 59.7 Å². The minimum absolute atomic E-state index is 0.0408. The van der Waals surface area contributed by atoms with Crippen LogP contribution in [0.4, 0.5) is 0 Å². The van der Waals surface area contributed by atoms with Crippen LogP contribution in [0.5, 0.6) is 0 Å². The van der Waals surface area contributed by atoms with Crippen molar-refractivity contribution in [2.24, 2.45) is 22.2 Å². The molecule has 24 heteroatoms. The standard InChI is InChI=1S/C50H69N15O9/c1-3-4-16-36(59-29(2)66)44(69)65-41-25-42(67)55-20-11-10-18-35(43(51)68)60-47(72)39(23-31-26-57-34-17-9-8-15-33(31)34)63-45(70)37(19-12-21-56-50(52)53)61-46(71)38(22-30-13-6-5-7-14-30)62-48(73)40(64-49(41)74)24-32-27-54-28-58-32/h5-9,13-15,17,26-28,35-41,57H,3-4,10-12,16,18-25H2,1-2H3,(H2,51,68)(H,54,58)(H,55,67)(H,59,66)(H,60,72)(H,61,71)(H,62,73)(H,63,70)(H,64,74)(H,65,69)(H4,52,53,56)/t35-,36-,37-,38-,39-,40-,41-/m0/s1. The fourth-order valence-corrected chi connectivity index (χ4v) is 8.40. The van der Waals surface area contributed by atoms with Crippen LogP contribution in [0.1, 0.15) is 88.5 Å². The van der Waals surface area contributed by atoms with Gasteiger partial charge in [-0.15, -0.1) is 0 Å². The van der Waals surface area contributed by atoms with Crippen molar-refractivity contribution >= 4 is 70.0 Å². The zero-order valence-electron chi connectivity index (χ0n) is 41.7. The summed E-state index contributed by atoms with van der Waals surface area (Å²) in [5.74, 6) is -7.10. The van der Waals surface area contributed by atoms with Crippen molar-refractivity contribution < 1.29 is 43.2 Å². The normalized spacial score (nSPS) is 21.3. The van der Waals surface area contributed by atoms with E-state index in [0.29, 0.717) is 29.7 Å². The van der Waals surface area contributed by atoms with Gasteiger partial charge in [-0.2, -0.15) is 0 Å².